The number of benzene rings is 3. The van der Waals surface area contributed by atoms with Crippen molar-refractivity contribution in [3.63, 3.8) is 0 Å². The number of hydrogen-bond acceptors (Lipinski definition) is 6. The number of hydrogen-bond donors (Lipinski definition) is 2. The Morgan fingerprint density at radius 2 is 1.64 bits per heavy atom. The van der Waals surface area contributed by atoms with Crippen molar-refractivity contribution in [3.8, 4) is 5.75 Å². The number of nitrogens with one attached hydrogen (secondary N) is 2. The summed E-state index contributed by atoms with van der Waals surface area (Å²) < 4.78 is 38.5. The van der Waals surface area contributed by atoms with Gasteiger partial charge in [-0.3, -0.25) is 9.52 Å². The van der Waals surface area contributed by atoms with Crippen LogP contribution >= 0.6 is 0 Å². The molecule has 0 heterocycles. The maximum Gasteiger partial charge on any atom is 0.338 e. The Morgan fingerprint density at radius 1 is 0.909 bits per heavy atom. The van der Waals surface area contributed by atoms with Crippen LogP contribution in [0.3, 0.4) is 0 Å². The van der Waals surface area contributed by atoms with Gasteiger partial charge in [-0.1, -0.05) is 24.3 Å². The zero-order valence-corrected chi connectivity index (χ0v) is 19.2. The van der Waals surface area contributed by atoms with Crippen molar-refractivity contribution in [2.45, 2.75) is 18.7 Å². The van der Waals surface area contributed by atoms with Crippen LogP contribution < -0.4 is 14.8 Å². The minimum atomic E-state index is -3.94. The molecule has 9 heteroatoms. The molecule has 3 rings (SSSR count). The molecule has 0 aliphatic heterocycles. The highest BCUT2D eigenvalue weighted by atomic mass is 32.2. The summed E-state index contributed by atoms with van der Waals surface area (Å²) in [7, 11) is -2.44. The maximum absolute atomic E-state index is 12.9. The average molecular weight is 469 g/mol. The smallest absolute Gasteiger partial charge is 0.338 e. The summed E-state index contributed by atoms with van der Waals surface area (Å²) in [4.78, 5) is 24.5. The molecule has 0 radical (unpaired) electrons. The number of carbonyl (C=O) groups excluding carboxylic acids is 2. The van der Waals surface area contributed by atoms with Gasteiger partial charge in [0.15, 0.2) is 6.61 Å². The van der Waals surface area contributed by atoms with Crippen LogP contribution in [0.2, 0.25) is 0 Å². The first-order valence-corrected chi connectivity index (χ1v) is 11.5. The molecule has 3 aromatic rings. The molecular formula is C24H24N2O6S. The van der Waals surface area contributed by atoms with Crippen LogP contribution in [0, 0.1) is 13.8 Å². The zero-order chi connectivity index (χ0) is 24.0. The van der Waals surface area contributed by atoms with E-state index in [2.05, 4.69) is 10.0 Å². The van der Waals surface area contributed by atoms with E-state index in [1.54, 1.807) is 49.4 Å². The molecule has 0 saturated heterocycles. The number of methoxy groups -OCH3 is 1. The van der Waals surface area contributed by atoms with E-state index in [9.17, 15) is 18.0 Å². The van der Waals surface area contributed by atoms with Crippen molar-refractivity contribution in [1.82, 2.24) is 0 Å². The number of sulfonamides is 1. The van der Waals surface area contributed by atoms with Crippen LogP contribution in [0.5, 0.6) is 5.75 Å². The van der Waals surface area contributed by atoms with Gasteiger partial charge in [0, 0.05) is 17.4 Å². The topological polar surface area (TPSA) is 111 Å². The van der Waals surface area contributed by atoms with Gasteiger partial charge >= 0.3 is 5.97 Å². The van der Waals surface area contributed by atoms with Crippen LogP contribution in [0.4, 0.5) is 11.4 Å². The van der Waals surface area contributed by atoms with Crippen LogP contribution in [0.1, 0.15) is 21.5 Å². The van der Waals surface area contributed by atoms with Crippen LogP contribution in [0.25, 0.3) is 0 Å². The van der Waals surface area contributed by atoms with Gasteiger partial charge in [0.25, 0.3) is 15.9 Å². The number of amides is 1. The van der Waals surface area contributed by atoms with Gasteiger partial charge in [0.05, 0.1) is 17.6 Å². The summed E-state index contributed by atoms with van der Waals surface area (Å²) in [5.41, 5.74) is 2.27. The highest BCUT2D eigenvalue weighted by molar-refractivity contribution is 7.92. The van der Waals surface area contributed by atoms with E-state index in [4.69, 9.17) is 9.47 Å². The van der Waals surface area contributed by atoms with Crippen molar-refractivity contribution in [2.75, 3.05) is 23.8 Å². The van der Waals surface area contributed by atoms with Gasteiger partial charge in [0.1, 0.15) is 5.75 Å². The minimum Gasteiger partial charge on any atom is -0.497 e. The third kappa shape index (κ3) is 6.33. The standard InChI is InChI=1S/C24H24N2O6S/c1-16-6-4-8-20(12-16)26-33(29,30)22-13-18(11-10-17(22)2)24(28)32-15-23(27)25-19-7-5-9-21(14-19)31-3/h4-14,26H,15H2,1-3H3,(H,25,27). The normalized spacial score (nSPS) is 10.9. The number of anilines is 2. The summed E-state index contributed by atoms with van der Waals surface area (Å²) in [5.74, 6) is -0.794. The van der Waals surface area contributed by atoms with Crippen LogP contribution in [-0.2, 0) is 19.6 Å². The molecule has 1 amide bonds. The number of rotatable bonds is 8. The molecule has 0 bridgehead atoms. The second-order valence-electron chi connectivity index (χ2n) is 7.31. The molecule has 8 nitrogen and oxygen atoms in total. The predicted octanol–water partition coefficient (Wildman–Crippen LogP) is 3.91. The van der Waals surface area contributed by atoms with Crippen molar-refractivity contribution in [1.29, 1.82) is 0 Å². The Kier molecular flexibility index (Phi) is 7.34. The lowest BCUT2D eigenvalue weighted by atomic mass is 10.1. The fourth-order valence-corrected chi connectivity index (χ4v) is 4.37. The molecule has 3 aromatic carbocycles. The third-order valence-electron chi connectivity index (χ3n) is 4.67. The zero-order valence-electron chi connectivity index (χ0n) is 18.4. The van der Waals surface area contributed by atoms with Crippen molar-refractivity contribution < 1.29 is 27.5 Å². The largest absolute Gasteiger partial charge is 0.497 e. The van der Waals surface area contributed by atoms with E-state index >= 15 is 0 Å². The Bertz CT molecular complexity index is 1290. The molecule has 2 N–H and O–H groups in total. The van der Waals surface area contributed by atoms with Gasteiger partial charge in [0.2, 0.25) is 0 Å². The lowest BCUT2D eigenvalue weighted by molar-refractivity contribution is -0.119. The summed E-state index contributed by atoms with van der Waals surface area (Å²) in [6.45, 7) is 2.94. The van der Waals surface area contributed by atoms with Gasteiger partial charge in [-0.2, -0.15) is 0 Å². The molecule has 0 unspecified atom stereocenters. The monoisotopic (exact) mass is 468 g/mol. The first-order chi connectivity index (χ1) is 15.7. The van der Waals surface area contributed by atoms with Crippen molar-refractivity contribution in [3.05, 3.63) is 83.4 Å². The van der Waals surface area contributed by atoms with Crippen molar-refractivity contribution >= 4 is 33.3 Å². The van der Waals surface area contributed by atoms with Gasteiger partial charge < -0.3 is 14.8 Å². The number of esters is 1. The van der Waals surface area contributed by atoms with E-state index in [0.717, 1.165) is 5.56 Å². The highest BCUT2D eigenvalue weighted by Gasteiger charge is 2.20. The summed E-state index contributed by atoms with van der Waals surface area (Å²) in [6.07, 6.45) is 0. The Hall–Kier alpha value is -3.85. The molecule has 0 spiro atoms. The molecule has 0 aromatic heterocycles. The molecule has 0 fully saturated rings. The lowest BCUT2D eigenvalue weighted by Gasteiger charge is -2.12. The van der Waals surface area contributed by atoms with Gasteiger partial charge in [-0.05, 0) is 61.4 Å². The highest BCUT2D eigenvalue weighted by Crippen LogP contribution is 2.22. The molecule has 0 atom stereocenters. The lowest BCUT2D eigenvalue weighted by Crippen LogP contribution is -2.21. The SMILES string of the molecule is COc1cccc(NC(=O)COC(=O)c2ccc(C)c(S(=O)(=O)Nc3cccc(C)c3)c2)c1. The molecule has 33 heavy (non-hydrogen) atoms. The quantitative estimate of drug-likeness (QED) is 0.485. The summed E-state index contributed by atoms with van der Waals surface area (Å²) in [6, 6.07) is 17.8. The van der Waals surface area contributed by atoms with E-state index in [1.807, 2.05) is 13.0 Å². The van der Waals surface area contributed by atoms with Crippen LogP contribution in [-0.4, -0.2) is 34.0 Å². The second-order valence-corrected chi connectivity index (χ2v) is 8.96. The third-order valence-corrected chi connectivity index (χ3v) is 6.19. The van der Waals surface area contributed by atoms with E-state index < -0.39 is 28.5 Å². The van der Waals surface area contributed by atoms with Crippen molar-refractivity contribution in [2.24, 2.45) is 0 Å². The number of ether oxygens (including phenoxy) is 2. The van der Waals surface area contributed by atoms with E-state index in [-0.39, 0.29) is 10.5 Å². The Labute approximate surface area is 192 Å². The Morgan fingerprint density at radius 3 is 2.36 bits per heavy atom. The second kappa shape index (κ2) is 10.2. The summed E-state index contributed by atoms with van der Waals surface area (Å²) in [5, 5.41) is 2.60. The average Bonchev–Trinajstić information content (AvgIpc) is 2.77. The van der Waals surface area contributed by atoms with Crippen LogP contribution in [0.15, 0.2) is 71.6 Å². The molecule has 0 aliphatic carbocycles. The fourth-order valence-electron chi connectivity index (χ4n) is 3.05. The van der Waals surface area contributed by atoms with Gasteiger partial charge in [-0.15, -0.1) is 0 Å². The first kappa shape index (κ1) is 23.8. The molecule has 0 saturated carbocycles. The minimum absolute atomic E-state index is 0.0133. The summed E-state index contributed by atoms with van der Waals surface area (Å²) >= 11 is 0. The molecular weight excluding hydrogens is 444 g/mol. The van der Waals surface area contributed by atoms with Gasteiger partial charge in [-0.25, -0.2) is 13.2 Å². The molecule has 0 aliphatic rings. The molecule has 172 valence electrons. The number of aryl methyl sites for hydroxylation is 2. The fraction of sp³-hybridized carbons (Fsp3) is 0.167. The predicted molar refractivity (Wildman–Crippen MR) is 125 cm³/mol. The Balaban J connectivity index is 1.68. The maximum atomic E-state index is 12.9. The van der Waals surface area contributed by atoms with E-state index in [0.29, 0.717) is 22.7 Å². The number of carbonyl (C=O) groups is 2. The first-order valence-electron chi connectivity index (χ1n) is 9.99. The van der Waals surface area contributed by atoms with E-state index in [1.165, 1.54) is 25.3 Å².